The molecule has 0 atom stereocenters. The van der Waals surface area contributed by atoms with E-state index in [2.05, 4.69) is 9.30 Å². The van der Waals surface area contributed by atoms with E-state index in [1.54, 1.807) is 17.0 Å². The molecule has 0 bridgehead atoms. The third kappa shape index (κ3) is 3.84. The van der Waals surface area contributed by atoms with E-state index in [-0.39, 0.29) is 24.1 Å². The number of benzene rings is 1. The number of amides is 1. The quantitative estimate of drug-likeness (QED) is 0.678. The van der Waals surface area contributed by atoms with Crippen molar-refractivity contribution in [3.8, 4) is 11.5 Å². The molecule has 0 saturated carbocycles. The maximum absolute atomic E-state index is 13.2. The predicted octanol–water partition coefficient (Wildman–Crippen LogP) is 1.22. The Balaban J connectivity index is 1.26. The molecule has 10 nitrogen and oxygen atoms in total. The zero-order valence-corrected chi connectivity index (χ0v) is 18.2. The summed E-state index contributed by atoms with van der Waals surface area (Å²) in [6.45, 7) is 3.28. The molecule has 0 radical (unpaired) electrons. The fraction of sp³-hybridized carbons (Fsp3) is 0.333. The van der Waals surface area contributed by atoms with E-state index in [9.17, 15) is 13.2 Å². The summed E-state index contributed by atoms with van der Waals surface area (Å²) in [7, 11) is -2.68. The highest BCUT2D eigenvalue weighted by atomic mass is 32.2. The molecule has 11 heteroatoms. The Morgan fingerprint density at radius 3 is 2.62 bits per heavy atom. The third-order valence-corrected chi connectivity index (χ3v) is 6.98. The van der Waals surface area contributed by atoms with E-state index in [1.807, 2.05) is 18.2 Å². The van der Waals surface area contributed by atoms with Gasteiger partial charge in [0.2, 0.25) is 6.79 Å². The van der Waals surface area contributed by atoms with Gasteiger partial charge in [-0.3, -0.25) is 9.69 Å². The highest BCUT2D eigenvalue weighted by Gasteiger charge is 2.34. The maximum Gasteiger partial charge on any atom is 0.345 e. The summed E-state index contributed by atoms with van der Waals surface area (Å²) >= 11 is 0. The number of hydrogen-bond acceptors (Lipinski definition) is 7. The Labute approximate surface area is 185 Å². The number of hydrogen-bond donors (Lipinski definition) is 0. The van der Waals surface area contributed by atoms with Gasteiger partial charge < -0.3 is 18.8 Å². The smallest absolute Gasteiger partial charge is 0.345 e. The van der Waals surface area contributed by atoms with Crippen molar-refractivity contribution in [1.29, 1.82) is 0 Å². The van der Waals surface area contributed by atoms with Crippen LogP contribution >= 0.6 is 0 Å². The van der Waals surface area contributed by atoms with Gasteiger partial charge in [0.25, 0.3) is 5.91 Å². The lowest BCUT2D eigenvalue weighted by Gasteiger charge is -2.36. The van der Waals surface area contributed by atoms with Crippen molar-refractivity contribution >= 4 is 21.8 Å². The van der Waals surface area contributed by atoms with Crippen LogP contribution in [0.2, 0.25) is 0 Å². The molecule has 1 amide bonds. The summed E-state index contributed by atoms with van der Waals surface area (Å²) in [5, 5.41) is 0. The van der Waals surface area contributed by atoms with Gasteiger partial charge in [0, 0.05) is 39.8 Å². The van der Waals surface area contributed by atoms with Crippen LogP contribution < -0.4 is 9.47 Å². The Morgan fingerprint density at radius 2 is 1.88 bits per heavy atom. The van der Waals surface area contributed by atoms with Gasteiger partial charge >= 0.3 is 10.2 Å². The topological polar surface area (TPSA) is 105 Å². The minimum atomic E-state index is -4.01. The SMILES string of the molecule is CN1C(C(=O)N2CCN(Cc3ccc4c(c3)OCO4)CC2)=CC(c2ccco2)=NS1(=O)=O. The normalized spacial score (nSPS) is 20.2. The monoisotopic (exact) mass is 458 g/mol. The summed E-state index contributed by atoms with van der Waals surface area (Å²) in [6, 6.07) is 9.13. The van der Waals surface area contributed by atoms with Crippen molar-refractivity contribution in [2.75, 3.05) is 40.0 Å². The van der Waals surface area contributed by atoms with Gasteiger partial charge in [0.1, 0.15) is 11.4 Å². The summed E-state index contributed by atoms with van der Waals surface area (Å²) < 4.78 is 45.7. The molecule has 2 aromatic rings. The molecule has 4 heterocycles. The number of likely N-dealkylation sites (N-methyl/N-ethyl adjacent to an activating group) is 1. The molecule has 32 heavy (non-hydrogen) atoms. The fourth-order valence-electron chi connectivity index (χ4n) is 3.86. The minimum absolute atomic E-state index is 0.0515. The van der Waals surface area contributed by atoms with Crippen LogP contribution in [0.1, 0.15) is 11.3 Å². The van der Waals surface area contributed by atoms with Crippen molar-refractivity contribution in [3.63, 3.8) is 0 Å². The number of carbonyl (C=O) groups is 1. The second-order valence-corrected chi connectivity index (χ2v) is 9.31. The summed E-state index contributed by atoms with van der Waals surface area (Å²) in [4.78, 5) is 17.1. The second kappa shape index (κ2) is 7.99. The first-order chi connectivity index (χ1) is 15.4. The molecule has 0 unspecified atom stereocenters. The van der Waals surface area contributed by atoms with Crippen LogP contribution in [0.5, 0.6) is 11.5 Å². The Morgan fingerprint density at radius 1 is 1.09 bits per heavy atom. The number of carbonyl (C=O) groups excluding carboxylic acids is 1. The first-order valence-electron chi connectivity index (χ1n) is 10.2. The minimum Gasteiger partial charge on any atom is -0.463 e. The molecule has 3 aliphatic heterocycles. The lowest BCUT2D eigenvalue weighted by atomic mass is 10.1. The Hall–Kier alpha value is -3.31. The predicted molar refractivity (Wildman–Crippen MR) is 114 cm³/mol. The van der Waals surface area contributed by atoms with Crippen molar-refractivity contribution in [2.45, 2.75) is 6.54 Å². The summed E-state index contributed by atoms with van der Waals surface area (Å²) in [5.74, 6) is 1.44. The lowest BCUT2D eigenvalue weighted by Crippen LogP contribution is -2.50. The van der Waals surface area contributed by atoms with E-state index in [1.165, 1.54) is 19.4 Å². The summed E-state index contributed by atoms with van der Waals surface area (Å²) in [5.41, 5.74) is 1.27. The zero-order chi connectivity index (χ0) is 22.3. The number of allylic oxidation sites excluding steroid dienone is 1. The molecule has 5 rings (SSSR count). The standard InChI is InChI=1S/C21H22N4O6S/c1-23-17(12-16(22-32(23,27)28)18-3-2-10-29-18)21(26)25-8-6-24(7-9-25)13-15-4-5-19-20(11-15)31-14-30-19/h2-5,10-12H,6-9,13-14H2,1H3. The van der Waals surface area contributed by atoms with Crippen LogP contribution in [-0.2, 0) is 21.5 Å². The van der Waals surface area contributed by atoms with Crippen LogP contribution in [0.4, 0.5) is 0 Å². The molecular formula is C21H22N4O6S. The van der Waals surface area contributed by atoms with Gasteiger partial charge in [-0.15, -0.1) is 4.40 Å². The van der Waals surface area contributed by atoms with Crippen molar-refractivity contribution in [2.24, 2.45) is 4.40 Å². The lowest BCUT2D eigenvalue weighted by molar-refractivity contribution is -0.129. The van der Waals surface area contributed by atoms with Crippen LogP contribution in [0.3, 0.4) is 0 Å². The molecule has 0 aliphatic carbocycles. The van der Waals surface area contributed by atoms with Gasteiger partial charge in [0.15, 0.2) is 17.3 Å². The second-order valence-electron chi connectivity index (χ2n) is 7.68. The fourth-order valence-corrected chi connectivity index (χ4v) is 4.76. The molecular weight excluding hydrogens is 436 g/mol. The highest BCUT2D eigenvalue weighted by Crippen LogP contribution is 2.33. The summed E-state index contributed by atoms with van der Waals surface area (Å²) in [6.07, 6.45) is 2.89. The van der Waals surface area contributed by atoms with Gasteiger partial charge in [-0.05, 0) is 35.9 Å². The average Bonchev–Trinajstić information content (AvgIpc) is 3.47. The zero-order valence-electron chi connectivity index (χ0n) is 17.4. The molecule has 0 N–H and O–H groups in total. The van der Waals surface area contributed by atoms with E-state index in [4.69, 9.17) is 13.9 Å². The number of piperazine rings is 1. The molecule has 1 saturated heterocycles. The van der Waals surface area contributed by atoms with Crippen molar-refractivity contribution < 1.29 is 27.1 Å². The Kier molecular flexibility index (Phi) is 5.14. The van der Waals surface area contributed by atoms with Crippen molar-refractivity contribution in [1.82, 2.24) is 14.1 Å². The molecule has 0 spiro atoms. The Bertz CT molecular complexity index is 1200. The van der Waals surface area contributed by atoms with E-state index in [0.29, 0.717) is 31.9 Å². The number of furan rings is 1. The van der Waals surface area contributed by atoms with Crippen LogP contribution in [-0.4, -0.2) is 74.2 Å². The number of nitrogens with zero attached hydrogens (tertiary/aromatic N) is 4. The number of fused-ring (bicyclic) bond motifs is 1. The first kappa shape index (κ1) is 20.6. The van der Waals surface area contributed by atoms with Gasteiger partial charge in [-0.2, -0.15) is 8.42 Å². The van der Waals surface area contributed by atoms with E-state index >= 15 is 0 Å². The molecule has 1 fully saturated rings. The average molecular weight is 458 g/mol. The number of ether oxygens (including phenoxy) is 2. The molecule has 3 aliphatic rings. The van der Waals surface area contributed by atoms with E-state index in [0.717, 1.165) is 27.9 Å². The third-order valence-electron chi connectivity index (χ3n) is 5.67. The van der Waals surface area contributed by atoms with Gasteiger partial charge in [-0.25, -0.2) is 4.31 Å². The molecule has 1 aromatic heterocycles. The molecule has 168 valence electrons. The van der Waals surface area contributed by atoms with Crippen LogP contribution in [0.25, 0.3) is 0 Å². The number of rotatable bonds is 4. The highest BCUT2D eigenvalue weighted by molar-refractivity contribution is 7.88. The van der Waals surface area contributed by atoms with Gasteiger partial charge in [-0.1, -0.05) is 6.07 Å². The van der Waals surface area contributed by atoms with E-state index < -0.39 is 10.2 Å². The first-order valence-corrected chi connectivity index (χ1v) is 11.5. The largest absolute Gasteiger partial charge is 0.463 e. The maximum atomic E-state index is 13.2. The molecule has 1 aromatic carbocycles. The van der Waals surface area contributed by atoms with Crippen LogP contribution in [0, 0.1) is 0 Å². The van der Waals surface area contributed by atoms with Gasteiger partial charge in [0.05, 0.1) is 6.26 Å². The van der Waals surface area contributed by atoms with Crippen LogP contribution in [0.15, 0.2) is 57.2 Å². The van der Waals surface area contributed by atoms with Crippen molar-refractivity contribution in [3.05, 3.63) is 59.7 Å².